The molecule has 2 unspecified atom stereocenters. The normalized spacial score (nSPS) is 23.6. The molecule has 1 aromatic carbocycles. The van der Waals surface area contributed by atoms with Crippen LogP contribution in [0.15, 0.2) is 24.3 Å². The minimum atomic E-state index is -0.414. The number of amides is 1. The van der Waals surface area contributed by atoms with E-state index in [9.17, 15) is 9.90 Å². The van der Waals surface area contributed by atoms with Crippen LogP contribution in [0.5, 0.6) is 5.75 Å². The van der Waals surface area contributed by atoms with Gasteiger partial charge in [-0.15, -0.1) is 0 Å². The molecule has 4 heteroatoms. The third-order valence-corrected chi connectivity index (χ3v) is 3.38. The summed E-state index contributed by atoms with van der Waals surface area (Å²) in [5.74, 6) is 0.119. The fourth-order valence-electron chi connectivity index (χ4n) is 2.34. The zero-order valence-corrected chi connectivity index (χ0v) is 10.3. The molecular weight excluding hydrogens is 230 g/mol. The lowest BCUT2D eigenvalue weighted by Gasteiger charge is -2.28. The Kier molecular flexibility index (Phi) is 4.20. The lowest BCUT2D eigenvalue weighted by Crippen LogP contribution is -2.45. The van der Waals surface area contributed by atoms with Crippen molar-refractivity contribution < 1.29 is 15.0 Å². The van der Waals surface area contributed by atoms with Gasteiger partial charge in [-0.2, -0.15) is 0 Å². The molecule has 0 spiro atoms. The van der Waals surface area contributed by atoms with Crippen LogP contribution in [0.1, 0.15) is 31.2 Å². The smallest absolute Gasteiger partial charge is 0.224 e. The number of nitrogens with one attached hydrogen (secondary N) is 1. The topological polar surface area (TPSA) is 69.6 Å². The van der Waals surface area contributed by atoms with E-state index in [0.717, 1.165) is 31.2 Å². The number of aliphatic hydroxyl groups is 1. The summed E-state index contributed by atoms with van der Waals surface area (Å²) in [4.78, 5) is 11.8. The van der Waals surface area contributed by atoms with Crippen LogP contribution in [0.25, 0.3) is 0 Å². The van der Waals surface area contributed by atoms with E-state index < -0.39 is 6.10 Å². The van der Waals surface area contributed by atoms with Gasteiger partial charge in [0.1, 0.15) is 5.75 Å². The zero-order valence-electron chi connectivity index (χ0n) is 10.3. The second-order valence-corrected chi connectivity index (χ2v) is 4.87. The highest BCUT2D eigenvalue weighted by molar-refractivity contribution is 5.79. The number of hydrogen-bond acceptors (Lipinski definition) is 3. The quantitative estimate of drug-likeness (QED) is 0.757. The van der Waals surface area contributed by atoms with Crippen molar-refractivity contribution in [3.63, 3.8) is 0 Å². The molecular formula is C14H19NO3. The summed E-state index contributed by atoms with van der Waals surface area (Å²) in [7, 11) is 0. The van der Waals surface area contributed by atoms with E-state index in [4.69, 9.17) is 5.11 Å². The van der Waals surface area contributed by atoms with E-state index in [0.29, 0.717) is 0 Å². The van der Waals surface area contributed by atoms with Crippen LogP contribution in [0.3, 0.4) is 0 Å². The molecule has 1 amide bonds. The fourth-order valence-corrected chi connectivity index (χ4v) is 2.34. The van der Waals surface area contributed by atoms with Crippen molar-refractivity contribution in [2.24, 2.45) is 0 Å². The SMILES string of the molecule is O=C(Cc1ccc(O)cc1)NC1CCCCC1O. The third kappa shape index (κ3) is 3.47. The van der Waals surface area contributed by atoms with Gasteiger partial charge in [-0.1, -0.05) is 25.0 Å². The van der Waals surface area contributed by atoms with Crippen molar-refractivity contribution in [3.05, 3.63) is 29.8 Å². The Bertz CT molecular complexity index is 402. The van der Waals surface area contributed by atoms with Gasteiger partial charge in [-0.3, -0.25) is 4.79 Å². The number of phenolic OH excluding ortho intramolecular Hbond substituents is 1. The molecule has 18 heavy (non-hydrogen) atoms. The van der Waals surface area contributed by atoms with Crippen molar-refractivity contribution in [2.75, 3.05) is 0 Å². The highest BCUT2D eigenvalue weighted by Crippen LogP contribution is 2.18. The van der Waals surface area contributed by atoms with Gasteiger partial charge in [0, 0.05) is 0 Å². The van der Waals surface area contributed by atoms with Crippen molar-refractivity contribution in [2.45, 2.75) is 44.2 Å². The number of aliphatic hydroxyl groups excluding tert-OH is 1. The van der Waals surface area contributed by atoms with Gasteiger partial charge >= 0.3 is 0 Å². The zero-order chi connectivity index (χ0) is 13.0. The number of carbonyl (C=O) groups is 1. The van der Waals surface area contributed by atoms with Gasteiger partial charge in [-0.25, -0.2) is 0 Å². The van der Waals surface area contributed by atoms with Gasteiger partial charge in [0.05, 0.1) is 18.6 Å². The van der Waals surface area contributed by atoms with Gasteiger partial charge in [-0.05, 0) is 30.5 Å². The average molecular weight is 249 g/mol. The first kappa shape index (κ1) is 12.9. The van der Waals surface area contributed by atoms with E-state index in [1.54, 1.807) is 24.3 Å². The number of phenols is 1. The minimum Gasteiger partial charge on any atom is -0.508 e. The number of aromatic hydroxyl groups is 1. The summed E-state index contributed by atoms with van der Waals surface area (Å²) in [6, 6.07) is 6.48. The molecule has 3 N–H and O–H groups in total. The number of carbonyl (C=O) groups excluding carboxylic acids is 1. The average Bonchev–Trinajstić information content (AvgIpc) is 2.35. The first-order valence-corrected chi connectivity index (χ1v) is 6.40. The molecule has 1 saturated carbocycles. The molecule has 1 aromatic rings. The monoisotopic (exact) mass is 249 g/mol. The third-order valence-electron chi connectivity index (χ3n) is 3.38. The summed E-state index contributed by atoms with van der Waals surface area (Å²) in [6.45, 7) is 0. The molecule has 0 aliphatic heterocycles. The maximum absolute atomic E-state index is 11.8. The maximum atomic E-state index is 11.8. The molecule has 0 saturated heterocycles. The molecule has 1 fully saturated rings. The van der Waals surface area contributed by atoms with Crippen LogP contribution >= 0.6 is 0 Å². The van der Waals surface area contributed by atoms with Crippen LogP contribution in [0.4, 0.5) is 0 Å². The van der Waals surface area contributed by atoms with Crippen LogP contribution < -0.4 is 5.32 Å². The predicted octanol–water partition coefficient (Wildman–Crippen LogP) is 1.35. The lowest BCUT2D eigenvalue weighted by atomic mass is 9.92. The number of benzene rings is 1. The Morgan fingerprint density at radius 3 is 2.56 bits per heavy atom. The van der Waals surface area contributed by atoms with Gasteiger partial charge in [0.2, 0.25) is 5.91 Å². The van der Waals surface area contributed by atoms with Gasteiger partial charge in [0.25, 0.3) is 0 Å². The molecule has 0 bridgehead atoms. The Hall–Kier alpha value is -1.55. The highest BCUT2D eigenvalue weighted by Gasteiger charge is 2.24. The lowest BCUT2D eigenvalue weighted by molar-refractivity contribution is -0.122. The van der Waals surface area contributed by atoms with Crippen molar-refractivity contribution >= 4 is 5.91 Å². The molecule has 2 rings (SSSR count). The second-order valence-electron chi connectivity index (χ2n) is 4.87. The Balaban J connectivity index is 1.86. The Morgan fingerprint density at radius 2 is 1.89 bits per heavy atom. The van der Waals surface area contributed by atoms with Crippen LogP contribution in [0.2, 0.25) is 0 Å². The van der Waals surface area contributed by atoms with E-state index in [2.05, 4.69) is 5.32 Å². The molecule has 1 aliphatic carbocycles. The standard InChI is InChI=1S/C14H19NO3/c16-11-7-5-10(6-8-11)9-14(18)15-12-3-1-2-4-13(12)17/h5-8,12-13,16-17H,1-4,9H2,(H,15,18). The fraction of sp³-hybridized carbons (Fsp3) is 0.500. The van der Waals surface area contributed by atoms with Crippen molar-refractivity contribution in [1.82, 2.24) is 5.32 Å². The van der Waals surface area contributed by atoms with Crippen molar-refractivity contribution in [1.29, 1.82) is 0 Å². The maximum Gasteiger partial charge on any atom is 0.224 e. The minimum absolute atomic E-state index is 0.0772. The summed E-state index contributed by atoms with van der Waals surface area (Å²) >= 11 is 0. The molecule has 4 nitrogen and oxygen atoms in total. The molecule has 0 heterocycles. The number of hydrogen-bond donors (Lipinski definition) is 3. The van der Waals surface area contributed by atoms with E-state index in [-0.39, 0.29) is 24.1 Å². The molecule has 0 aromatic heterocycles. The molecule has 98 valence electrons. The van der Waals surface area contributed by atoms with Crippen molar-refractivity contribution in [3.8, 4) is 5.75 Å². The van der Waals surface area contributed by atoms with Gasteiger partial charge in [0.15, 0.2) is 0 Å². The first-order valence-electron chi connectivity index (χ1n) is 6.40. The van der Waals surface area contributed by atoms with E-state index in [1.165, 1.54) is 0 Å². The Labute approximate surface area is 107 Å². The van der Waals surface area contributed by atoms with Crippen LogP contribution in [-0.4, -0.2) is 28.3 Å². The summed E-state index contributed by atoms with van der Waals surface area (Å²) < 4.78 is 0. The molecule has 1 aliphatic rings. The first-order chi connectivity index (χ1) is 8.65. The summed E-state index contributed by atoms with van der Waals surface area (Å²) in [5, 5.41) is 21.8. The number of rotatable bonds is 3. The van der Waals surface area contributed by atoms with Crippen LogP contribution in [0, 0.1) is 0 Å². The summed E-state index contributed by atoms with van der Waals surface area (Å²) in [5.41, 5.74) is 0.857. The molecule has 2 atom stereocenters. The van der Waals surface area contributed by atoms with E-state index in [1.807, 2.05) is 0 Å². The van der Waals surface area contributed by atoms with Gasteiger partial charge < -0.3 is 15.5 Å². The Morgan fingerprint density at radius 1 is 1.22 bits per heavy atom. The molecule has 0 radical (unpaired) electrons. The second kappa shape index (κ2) is 5.87. The summed E-state index contributed by atoms with van der Waals surface area (Å²) in [6.07, 6.45) is 3.57. The predicted molar refractivity (Wildman–Crippen MR) is 68.2 cm³/mol. The largest absolute Gasteiger partial charge is 0.508 e. The van der Waals surface area contributed by atoms with E-state index >= 15 is 0 Å². The van der Waals surface area contributed by atoms with Crippen LogP contribution in [-0.2, 0) is 11.2 Å². The highest BCUT2D eigenvalue weighted by atomic mass is 16.3.